The first-order chi connectivity index (χ1) is 13.3. The van der Waals surface area contributed by atoms with E-state index in [0.29, 0.717) is 12.1 Å². The Kier molecular flexibility index (Phi) is 4.75. The zero-order chi connectivity index (χ0) is 18.6. The molecule has 0 N–H and O–H groups in total. The average Bonchev–Trinajstić information content (AvgIpc) is 3.17. The molecule has 1 heterocycles. The summed E-state index contributed by atoms with van der Waals surface area (Å²) >= 11 is 0. The maximum absolute atomic E-state index is 13.5. The summed E-state index contributed by atoms with van der Waals surface area (Å²) in [6, 6.07) is 25.7. The first-order valence-electron chi connectivity index (χ1n) is 9.07. The molecule has 1 amide bonds. The van der Waals surface area contributed by atoms with E-state index in [1.165, 1.54) is 5.56 Å². The molecule has 0 spiro atoms. The molecular weight excluding hydrogens is 334 g/mol. The summed E-state index contributed by atoms with van der Waals surface area (Å²) in [4.78, 5) is 15.4. The minimum atomic E-state index is 0.0296. The number of carbonyl (C=O) groups is 1. The molecule has 4 rings (SSSR count). The molecule has 3 aromatic rings. The van der Waals surface area contributed by atoms with Crippen LogP contribution in [0.15, 0.2) is 78.9 Å². The van der Waals surface area contributed by atoms with Gasteiger partial charge in [-0.15, -0.1) is 0 Å². The number of hydrogen-bond acceptors (Lipinski definition) is 2. The first kappa shape index (κ1) is 17.1. The van der Waals surface area contributed by atoms with Crippen LogP contribution in [0.1, 0.15) is 16.7 Å². The SMILES string of the molecule is COc1ccc(/C=C(/C(=O)N2CCc3ccccc32)c2ccccc2)cc1. The van der Waals surface area contributed by atoms with Gasteiger partial charge in [0, 0.05) is 17.8 Å². The highest BCUT2D eigenvalue weighted by molar-refractivity contribution is 6.30. The van der Waals surface area contributed by atoms with Crippen molar-refractivity contribution in [3.05, 3.63) is 95.6 Å². The van der Waals surface area contributed by atoms with Crippen LogP contribution < -0.4 is 9.64 Å². The van der Waals surface area contributed by atoms with Gasteiger partial charge in [-0.1, -0.05) is 60.7 Å². The van der Waals surface area contributed by atoms with Crippen molar-refractivity contribution >= 4 is 23.2 Å². The summed E-state index contributed by atoms with van der Waals surface area (Å²) < 4.78 is 5.23. The minimum absolute atomic E-state index is 0.0296. The number of benzene rings is 3. The molecule has 0 unspecified atom stereocenters. The number of carbonyl (C=O) groups excluding carboxylic acids is 1. The van der Waals surface area contributed by atoms with Gasteiger partial charge in [0.05, 0.1) is 7.11 Å². The highest BCUT2D eigenvalue weighted by Gasteiger charge is 2.27. The molecular formula is C24H21NO2. The summed E-state index contributed by atoms with van der Waals surface area (Å²) in [6.45, 7) is 0.713. The van der Waals surface area contributed by atoms with Gasteiger partial charge in [0.1, 0.15) is 5.75 Å². The van der Waals surface area contributed by atoms with Crippen LogP contribution in [0.3, 0.4) is 0 Å². The van der Waals surface area contributed by atoms with Crippen LogP contribution in [0.25, 0.3) is 11.6 Å². The van der Waals surface area contributed by atoms with Gasteiger partial charge >= 0.3 is 0 Å². The van der Waals surface area contributed by atoms with E-state index in [4.69, 9.17) is 4.74 Å². The lowest BCUT2D eigenvalue weighted by atomic mass is 10.0. The zero-order valence-corrected chi connectivity index (χ0v) is 15.3. The van der Waals surface area contributed by atoms with E-state index in [9.17, 15) is 4.79 Å². The number of rotatable bonds is 4. The van der Waals surface area contributed by atoms with Crippen molar-refractivity contribution in [1.82, 2.24) is 0 Å². The molecule has 0 aromatic heterocycles. The molecule has 1 aliphatic heterocycles. The Balaban J connectivity index is 1.74. The third-order valence-electron chi connectivity index (χ3n) is 4.87. The Morgan fingerprint density at radius 3 is 2.37 bits per heavy atom. The number of amides is 1. The molecule has 3 nitrogen and oxygen atoms in total. The molecule has 1 aliphatic rings. The normalized spacial score (nSPS) is 13.4. The standard InChI is InChI=1S/C24H21NO2/c1-27-21-13-11-18(12-14-21)17-22(19-7-3-2-4-8-19)24(26)25-16-15-20-9-5-6-10-23(20)25/h2-14,17H,15-16H2,1H3/b22-17+. The van der Waals surface area contributed by atoms with E-state index in [0.717, 1.165) is 29.0 Å². The third-order valence-corrected chi connectivity index (χ3v) is 4.87. The molecule has 0 saturated heterocycles. The molecule has 0 fully saturated rings. The summed E-state index contributed by atoms with van der Waals surface area (Å²) in [7, 11) is 1.65. The van der Waals surface area contributed by atoms with Crippen molar-refractivity contribution < 1.29 is 9.53 Å². The second kappa shape index (κ2) is 7.50. The second-order valence-electron chi connectivity index (χ2n) is 6.53. The lowest BCUT2D eigenvalue weighted by Crippen LogP contribution is -2.29. The Bertz CT molecular complexity index is 975. The maximum Gasteiger partial charge on any atom is 0.258 e. The molecule has 0 aliphatic carbocycles. The van der Waals surface area contributed by atoms with Gasteiger partial charge in [-0.3, -0.25) is 4.79 Å². The van der Waals surface area contributed by atoms with Gasteiger partial charge in [0.15, 0.2) is 0 Å². The van der Waals surface area contributed by atoms with Gasteiger partial charge in [-0.25, -0.2) is 0 Å². The van der Waals surface area contributed by atoms with Gasteiger partial charge in [0.2, 0.25) is 0 Å². The van der Waals surface area contributed by atoms with E-state index in [1.807, 2.05) is 83.8 Å². The van der Waals surface area contributed by atoms with Crippen LogP contribution in [-0.4, -0.2) is 19.6 Å². The molecule has 0 bridgehead atoms. The summed E-state index contributed by atoms with van der Waals surface area (Å²) in [5, 5.41) is 0. The molecule has 3 heteroatoms. The van der Waals surface area contributed by atoms with Gasteiger partial charge in [-0.05, 0) is 47.4 Å². The smallest absolute Gasteiger partial charge is 0.258 e. The van der Waals surface area contributed by atoms with E-state index < -0.39 is 0 Å². The fourth-order valence-corrected chi connectivity index (χ4v) is 3.45. The lowest BCUT2D eigenvalue weighted by molar-refractivity contribution is -0.113. The molecule has 0 radical (unpaired) electrons. The summed E-state index contributed by atoms with van der Waals surface area (Å²) in [5.41, 5.74) is 4.82. The van der Waals surface area contributed by atoms with Crippen molar-refractivity contribution in [1.29, 1.82) is 0 Å². The van der Waals surface area contributed by atoms with Gasteiger partial charge < -0.3 is 9.64 Å². The number of fused-ring (bicyclic) bond motifs is 1. The van der Waals surface area contributed by atoms with Crippen LogP contribution >= 0.6 is 0 Å². The predicted molar refractivity (Wildman–Crippen MR) is 110 cm³/mol. The number of nitrogens with zero attached hydrogens (tertiary/aromatic N) is 1. The molecule has 27 heavy (non-hydrogen) atoms. The quantitative estimate of drug-likeness (QED) is 0.496. The fourth-order valence-electron chi connectivity index (χ4n) is 3.45. The van der Waals surface area contributed by atoms with Gasteiger partial charge in [0.25, 0.3) is 5.91 Å². The number of methoxy groups -OCH3 is 1. The van der Waals surface area contributed by atoms with Crippen molar-refractivity contribution in [2.24, 2.45) is 0 Å². The van der Waals surface area contributed by atoms with Crippen LogP contribution in [0.4, 0.5) is 5.69 Å². The van der Waals surface area contributed by atoms with Crippen LogP contribution in [-0.2, 0) is 11.2 Å². The largest absolute Gasteiger partial charge is 0.497 e. The lowest BCUT2D eigenvalue weighted by Gasteiger charge is -2.19. The third kappa shape index (κ3) is 3.49. The fraction of sp³-hybridized carbons (Fsp3) is 0.125. The summed E-state index contributed by atoms with van der Waals surface area (Å²) in [5.74, 6) is 0.829. The van der Waals surface area contributed by atoms with E-state index >= 15 is 0 Å². The number of para-hydroxylation sites is 1. The van der Waals surface area contributed by atoms with Crippen LogP contribution in [0.2, 0.25) is 0 Å². The Morgan fingerprint density at radius 2 is 1.63 bits per heavy atom. The van der Waals surface area contributed by atoms with E-state index in [2.05, 4.69) is 6.07 Å². The highest BCUT2D eigenvalue weighted by Crippen LogP contribution is 2.31. The topological polar surface area (TPSA) is 29.5 Å². The average molecular weight is 355 g/mol. The monoisotopic (exact) mass is 355 g/mol. The minimum Gasteiger partial charge on any atom is -0.497 e. The highest BCUT2D eigenvalue weighted by atomic mass is 16.5. The Morgan fingerprint density at radius 1 is 0.926 bits per heavy atom. The van der Waals surface area contributed by atoms with Crippen molar-refractivity contribution in [3.63, 3.8) is 0 Å². The van der Waals surface area contributed by atoms with Crippen molar-refractivity contribution in [2.75, 3.05) is 18.6 Å². The maximum atomic E-state index is 13.5. The van der Waals surface area contributed by atoms with Crippen molar-refractivity contribution in [2.45, 2.75) is 6.42 Å². The first-order valence-corrected chi connectivity index (χ1v) is 9.07. The molecule has 0 saturated carbocycles. The Hall–Kier alpha value is -3.33. The number of ether oxygens (including phenoxy) is 1. The van der Waals surface area contributed by atoms with Crippen LogP contribution in [0.5, 0.6) is 5.75 Å². The molecule has 134 valence electrons. The van der Waals surface area contributed by atoms with Crippen LogP contribution in [0, 0.1) is 0 Å². The molecule has 3 aromatic carbocycles. The van der Waals surface area contributed by atoms with E-state index in [-0.39, 0.29) is 5.91 Å². The number of anilines is 1. The Labute approximate surface area is 159 Å². The van der Waals surface area contributed by atoms with Gasteiger partial charge in [-0.2, -0.15) is 0 Å². The van der Waals surface area contributed by atoms with E-state index in [1.54, 1.807) is 7.11 Å². The second-order valence-corrected chi connectivity index (χ2v) is 6.53. The zero-order valence-electron chi connectivity index (χ0n) is 15.3. The summed E-state index contributed by atoms with van der Waals surface area (Å²) in [6.07, 6.45) is 2.85. The predicted octanol–water partition coefficient (Wildman–Crippen LogP) is 4.83. The molecule has 0 atom stereocenters. The van der Waals surface area contributed by atoms with Crippen molar-refractivity contribution in [3.8, 4) is 5.75 Å². The number of hydrogen-bond donors (Lipinski definition) is 0.